The molecule has 0 bridgehead atoms. The monoisotopic (exact) mass is 257 g/mol. The van der Waals surface area contributed by atoms with Crippen LogP contribution < -0.4 is 5.32 Å². The van der Waals surface area contributed by atoms with E-state index in [1.54, 1.807) is 24.3 Å². The molecular formula is C15H9F2NO. The van der Waals surface area contributed by atoms with Crippen molar-refractivity contribution >= 4 is 23.2 Å². The van der Waals surface area contributed by atoms with E-state index in [0.717, 1.165) is 18.2 Å². The SMILES string of the molecule is O=C1Nc2ccccc2/C1=C/c1cc(F)ccc1F. The number of anilines is 1. The number of hydrogen-bond acceptors (Lipinski definition) is 1. The summed E-state index contributed by atoms with van der Waals surface area (Å²) in [6.07, 6.45) is 1.36. The van der Waals surface area contributed by atoms with Crippen LogP contribution in [0, 0.1) is 11.6 Å². The molecule has 2 aromatic rings. The van der Waals surface area contributed by atoms with E-state index in [9.17, 15) is 13.6 Å². The summed E-state index contributed by atoms with van der Waals surface area (Å²) in [6, 6.07) is 10.3. The summed E-state index contributed by atoms with van der Waals surface area (Å²) in [4.78, 5) is 11.8. The van der Waals surface area contributed by atoms with Gasteiger partial charge >= 0.3 is 0 Å². The molecule has 0 aromatic heterocycles. The number of amides is 1. The molecule has 2 aromatic carbocycles. The minimum absolute atomic E-state index is 0.0573. The van der Waals surface area contributed by atoms with Crippen molar-refractivity contribution in [2.45, 2.75) is 0 Å². The van der Waals surface area contributed by atoms with Gasteiger partial charge in [0.25, 0.3) is 5.91 Å². The standard InChI is InChI=1S/C15H9F2NO/c16-10-5-6-13(17)9(7-10)8-12-11-3-1-2-4-14(11)18-15(12)19/h1-8H,(H,18,19)/b12-8-. The van der Waals surface area contributed by atoms with E-state index in [-0.39, 0.29) is 11.5 Å². The van der Waals surface area contributed by atoms with Crippen molar-refractivity contribution in [3.05, 3.63) is 65.2 Å². The van der Waals surface area contributed by atoms with Crippen LogP contribution in [0.3, 0.4) is 0 Å². The van der Waals surface area contributed by atoms with Crippen LogP contribution in [0.25, 0.3) is 11.6 Å². The number of carbonyl (C=O) groups excluding carboxylic acids is 1. The molecule has 3 rings (SSSR count). The number of nitrogens with one attached hydrogen (secondary N) is 1. The van der Waals surface area contributed by atoms with Crippen molar-refractivity contribution in [1.82, 2.24) is 0 Å². The molecule has 0 saturated heterocycles. The molecule has 19 heavy (non-hydrogen) atoms. The van der Waals surface area contributed by atoms with Crippen LogP contribution in [0.5, 0.6) is 0 Å². The van der Waals surface area contributed by atoms with Crippen molar-refractivity contribution in [1.29, 1.82) is 0 Å². The quantitative estimate of drug-likeness (QED) is 0.779. The number of hydrogen-bond donors (Lipinski definition) is 1. The van der Waals surface area contributed by atoms with Crippen LogP contribution in [-0.4, -0.2) is 5.91 Å². The number of rotatable bonds is 1. The lowest BCUT2D eigenvalue weighted by Gasteiger charge is -2.00. The lowest BCUT2D eigenvalue weighted by molar-refractivity contribution is -0.110. The summed E-state index contributed by atoms with van der Waals surface area (Å²) < 4.78 is 26.7. The van der Waals surface area contributed by atoms with Gasteiger partial charge in [0.2, 0.25) is 0 Å². The third kappa shape index (κ3) is 2.01. The van der Waals surface area contributed by atoms with Crippen molar-refractivity contribution in [3.8, 4) is 0 Å². The lowest BCUT2D eigenvalue weighted by atomic mass is 10.0. The summed E-state index contributed by atoms with van der Waals surface area (Å²) in [5.41, 5.74) is 1.76. The molecule has 2 nitrogen and oxygen atoms in total. The molecule has 1 amide bonds. The van der Waals surface area contributed by atoms with Gasteiger partial charge in [-0.25, -0.2) is 8.78 Å². The van der Waals surface area contributed by atoms with Crippen LogP contribution >= 0.6 is 0 Å². The Labute approximate surface area is 108 Å². The first-order valence-electron chi connectivity index (χ1n) is 5.72. The van der Waals surface area contributed by atoms with E-state index in [0.29, 0.717) is 16.8 Å². The minimum Gasteiger partial charge on any atom is -0.321 e. The molecule has 0 unspecified atom stereocenters. The first kappa shape index (κ1) is 11.6. The molecular weight excluding hydrogens is 248 g/mol. The van der Waals surface area contributed by atoms with Crippen LogP contribution in [0.1, 0.15) is 11.1 Å². The maximum Gasteiger partial charge on any atom is 0.256 e. The van der Waals surface area contributed by atoms with E-state index in [1.807, 2.05) is 0 Å². The normalized spacial score (nSPS) is 15.5. The average molecular weight is 257 g/mol. The molecule has 1 heterocycles. The number of carbonyl (C=O) groups is 1. The predicted molar refractivity (Wildman–Crippen MR) is 69.3 cm³/mol. The summed E-state index contributed by atoms with van der Waals surface area (Å²) in [6.45, 7) is 0. The first-order chi connectivity index (χ1) is 9.15. The summed E-state index contributed by atoms with van der Waals surface area (Å²) >= 11 is 0. The third-order valence-corrected chi connectivity index (χ3v) is 2.97. The average Bonchev–Trinajstić information content (AvgIpc) is 2.71. The number of halogens is 2. The Morgan fingerprint density at radius 1 is 1.05 bits per heavy atom. The fourth-order valence-corrected chi connectivity index (χ4v) is 2.06. The highest BCUT2D eigenvalue weighted by Gasteiger charge is 2.23. The Bertz CT molecular complexity index is 707. The van der Waals surface area contributed by atoms with E-state index >= 15 is 0 Å². The molecule has 0 atom stereocenters. The molecule has 0 aliphatic carbocycles. The predicted octanol–water partition coefficient (Wildman–Crippen LogP) is 3.46. The zero-order valence-corrected chi connectivity index (χ0v) is 9.78. The second-order valence-electron chi connectivity index (χ2n) is 4.22. The smallest absolute Gasteiger partial charge is 0.256 e. The highest BCUT2D eigenvalue weighted by atomic mass is 19.1. The van der Waals surface area contributed by atoms with E-state index in [2.05, 4.69) is 5.32 Å². The zero-order chi connectivity index (χ0) is 13.4. The third-order valence-electron chi connectivity index (χ3n) is 2.97. The van der Waals surface area contributed by atoms with E-state index in [1.165, 1.54) is 6.08 Å². The van der Waals surface area contributed by atoms with E-state index < -0.39 is 11.6 Å². The van der Waals surface area contributed by atoms with Gasteiger partial charge in [0.15, 0.2) is 0 Å². The Balaban J connectivity index is 2.14. The number of benzene rings is 2. The highest BCUT2D eigenvalue weighted by Crippen LogP contribution is 2.33. The van der Waals surface area contributed by atoms with Crippen LogP contribution in [-0.2, 0) is 4.79 Å². The summed E-state index contributed by atoms with van der Waals surface area (Å²) in [5, 5.41) is 2.68. The van der Waals surface area contributed by atoms with E-state index in [4.69, 9.17) is 0 Å². The minimum atomic E-state index is -0.564. The molecule has 4 heteroatoms. The van der Waals surface area contributed by atoms with Gasteiger partial charge in [0.1, 0.15) is 11.6 Å². The topological polar surface area (TPSA) is 29.1 Å². The van der Waals surface area contributed by atoms with Crippen LogP contribution in [0.15, 0.2) is 42.5 Å². The van der Waals surface area contributed by atoms with Gasteiger partial charge in [0.05, 0.1) is 0 Å². The zero-order valence-electron chi connectivity index (χ0n) is 9.78. The Morgan fingerprint density at radius 2 is 1.84 bits per heavy atom. The first-order valence-corrected chi connectivity index (χ1v) is 5.72. The molecule has 0 saturated carbocycles. The molecule has 0 spiro atoms. The largest absolute Gasteiger partial charge is 0.321 e. The molecule has 1 aliphatic rings. The second-order valence-corrected chi connectivity index (χ2v) is 4.22. The number of fused-ring (bicyclic) bond motifs is 1. The molecule has 1 aliphatic heterocycles. The Kier molecular flexibility index (Phi) is 2.63. The number of para-hydroxylation sites is 1. The van der Waals surface area contributed by atoms with Gasteiger partial charge in [-0.2, -0.15) is 0 Å². The van der Waals surface area contributed by atoms with Crippen molar-refractivity contribution < 1.29 is 13.6 Å². The maximum absolute atomic E-state index is 13.6. The van der Waals surface area contributed by atoms with Gasteiger partial charge in [-0.15, -0.1) is 0 Å². The van der Waals surface area contributed by atoms with Crippen LogP contribution in [0.4, 0.5) is 14.5 Å². The maximum atomic E-state index is 13.6. The summed E-state index contributed by atoms with van der Waals surface area (Å²) in [7, 11) is 0. The summed E-state index contributed by atoms with van der Waals surface area (Å²) in [5.74, 6) is -1.42. The van der Waals surface area contributed by atoms with Gasteiger partial charge in [0, 0.05) is 22.4 Å². The molecule has 94 valence electrons. The van der Waals surface area contributed by atoms with Crippen LogP contribution in [0.2, 0.25) is 0 Å². The van der Waals surface area contributed by atoms with Crippen molar-refractivity contribution in [2.24, 2.45) is 0 Å². The van der Waals surface area contributed by atoms with Gasteiger partial charge in [-0.1, -0.05) is 18.2 Å². The molecule has 1 N–H and O–H groups in total. The van der Waals surface area contributed by atoms with Crippen molar-refractivity contribution in [3.63, 3.8) is 0 Å². The van der Waals surface area contributed by atoms with Gasteiger partial charge in [-0.3, -0.25) is 4.79 Å². The Morgan fingerprint density at radius 3 is 2.68 bits per heavy atom. The fourth-order valence-electron chi connectivity index (χ4n) is 2.06. The fraction of sp³-hybridized carbons (Fsp3) is 0. The highest BCUT2D eigenvalue weighted by molar-refractivity contribution is 6.34. The van der Waals surface area contributed by atoms with Gasteiger partial charge in [-0.05, 0) is 30.3 Å². The lowest BCUT2D eigenvalue weighted by Crippen LogP contribution is -2.03. The molecule has 0 radical (unpaired) electrons. The Hall–Kier alpha value is -2.49. The van der Waals surface area contributed by atoms with Crippen molar-refractivity contribution in [2.75, 3.05) is 5.32 Å². The van der Waals surface area contributed by atoms with Gasteiger partial charge < -0.3 is 5.32 Å². The molecule has 0 fully saturated rings. The second kappa shape index (κ2) is 4.31.